The van der Waals surface area contributed by atoms with Crippen LogP contribution in [0.15, 0.2) is 35.3 Å². The van der Waals surface area contributed by atoms with Gasteiger partial charge in [-0.05, 0) is 24.8 Å². The molecule has 0 spiro atoms. The number of guanidine groups is 1. The zero-order valence-electron chi connectivity index (χ0n) is 13.3. The van der Waals surface area contributed by atoms with Crippen molar-refractivity contribution in [3.05, 3.63) is 35.9 Å². The Morgan fingerprint density at radius 1 is 1.14 bits per heavy atom. The van der Waals surface area contributed by atoms with E-state index >= 15 is 0 Å². The van der Waals surface area contributed by atoms with Crippen LogP contribution in [0.4, 0.5) is 0 Å². The third-order valence-electron chi connectivity index (χ3n) is 3.10. The van der Waals surface area contributed by atoms with Crippen LogP contribution in [0.2, 0.25) is 0 Å². The lowest BCUT2D eigenvalue weighted by Gasteiger charge is -2.11. The van der Waals surface area contributed by atoms with Crippen molar-refractivity contribution in [2.45, 2.75) is 25.7 Å². The Labute approximate surface area is 149 Å². The van der Waals surface area contributed by atoms with Gasteiger partial charge in [0, 0.05) is 26.6 Å². The molecule has 0 unspecified atom stereocenters. The van der Waals surface area contributed by atoms with Crippen LogP contribution in [-0.4, -0.2) is 39.2 Å². The molecule has 1 aromatic carbocycles. The summed E-state index contributed by atoms with van der Waals surface area (Å²) in [4.78, 5) is 15.1. The standard InChI is InChI=1S/C16H25N3O2.HI/c1-17-16(18-12-7-6-10-15(20)21-2)19-13-11-14-8-4-3-5-9-14;/h3-5,8-9H,6-7,10-13H2,1-2H3,(H2,17,18,19);1H. The molecular weight excluding hydrogens is 393 g/mol. The molecule has 0 aliphatic heterocycles. The van der Waals surface area contributed by atoms with Crippen LogP contribution in [-0.2, 0) is 16.0 Å². The number of benzene rings is 1. The lowest BCUT2D eigenvalue weighted by atomic mass is 10.1. The highest BCUT2D eigenvalue weighted by molar-refractivity contribution is 14.0. The molecule has 0 aliphatic carbocycles. The molecule has 0 saturated carbocycles. The number of unbranched alkanes of at least 4 members (excludes halogenated alkanes) is 1. The van der Waals surface area contributed by atoms with Crippen LogP contribution in [0.25, 0.3) is 0 Å². The third-order valence-corrected chi connectivity index (χ3v) is 3.10. The molecule has 0 atom stereocenters. The number of nitrogens with zero attached hydrogens (tertiary/aromatic N) is 1. The zero-order valence-corrected chi connectivity index (χ0v) is 15.6. The van der Waals surface area contributed by atoms with Crippen molar-refractivity contribution >= 4 is 35.9 Å². The highest BCUT2D eigenvalue weighted by Crippen LogP contribution is 1.98. The molecule has 2 N–H and O–H groups in total. The Hall–Kier alpha value is -1.31. The van der Waals surface area contributed by atoms with E-state index in [4.69, 9.17) is 0 Å². The van der Waals surface area contributed by atoms with Crippen LogP contribution < -0.4 is 10.6 Å². The molecule has 6 heteroatoms. The summed E-state index contributed by atoms with van der Waals surface area (Å²) in [7, 11) is 3.17. The maximum atomic E-state index is 11.0. The molecule has 0 fully saturated rings. The molecule has 1 rings (SSSR count). The molecular formula is C16H26IN3O2. The monoisotopic (exact) mass is 419 g/mol. The molecule has 0 heterocycles. The summed E-state index contributed by atoms with van der Waals surface area (Å²) in [6, 6.07) is 10.3. The van der Waals surface area contributed by atoms with Crippen molar-refractivity contribution in [3.63, 3.8) is 0 Å². The largest absolute Gasteiger partial charge is 0.469 e. The third kappa shape index (κ3) is 9.59. The fraction of sp³-hybridized carbons (Fsp3) is 0.500. The van der Waals surface area contributed by atoms with Crippen molar-refractivity contribution in [1.29, 1.82) is 0 Å². The Morgan fingerprint density at radius 2 is 1.82 bits per heavy atom. The average Bonchev–Trinajstić information content (AvgIpc) is 2.53. The number of carbonyl (C=O) groups is 1. The normalized spacial score (nSPS) is 10.5. The van der Waals surface area contributed by atoms with Crippen LogP contribution in [0.3, 0.4) is 0 Å². The Kier molecular flexibility index (Phi) is 12.6. The Balaban J connectivity index is 0.00000441. The second kappa shape index (κ2) is 13.4. The summed E-state index contributed by atoms with van der Waals surface area (Å²) in [5.74, 6) is 0.643. The highest BCUT2D eigenvalue weighted by atomic mass is 127. The minimum absolute atomic E-state index is 0. The molecule has 1 aromatic rings. The summed E-state index contributed by atoms with van der Waals surface area (Å²) >= 11 is 0. The van der Waals surface area contributed by atoms with E-state index in [0.29, 0.717) is 6.42 Å². The topological polar surface area (TPSA) is 62.7 Å². The number of nitrogens with one attached hydrogen (secondary N) is 2. The smallest absolute Gasteiger partial charge is 0.305 e. The fourth-order valence-electron chi connectivity index (χ4n) is 1.89. The number of esters is 1. The lowest BCUT2D eigenvalue weighted by Crippen LogP contribution is -2.38. The molecule has 0 saturated heterocycles. The van der Waals surface area contributed by atoms with Gasteiger partial charge < -0.3 is 15.4 Å². The quantitative estimate of drug-likeness (QED) is 0.223. The summed E-state index contributed by atoms with van der Waals surface area (Å²) in [5.41, 5.74) is 1.30. The number of rotatable bonds is 8. The minimum Gasteiger partial charge on any atom is -0.469 e. The first kappa shape index (κ1) is 20.7. The SMILES string of the molecule is CN=C(NCCCCC(=O)OC)NCCc1ccccc1.I. The molecule has 0 radical (unpaired) electrons. The molecule has 124 valence electrons. The molecule has 0 aromatic heterocycles. The molecule has 0 bridgehead atoms. The van der Waals surface area contributed by atoms with Gasteiger partial charge in [0.05, 0.1) is 7.11 Å². The molecule has 0 amide bonds. The van der Waals surface area contributed by atoms with Crippen molar-refractivity contribution in [2.24, 2.45) is 4.99 Å². The van der Waals surface area contributed by atoms with Gasteiger partial charge in [-0.1, -0.05) is 30.3 Å². The van der Waals surface area contributed by atoms with E-state index in [1.807, 2.05) is 18.2 Å². The maximum absolute atomic E-state index is 11.0. The van der Waals surface area contributed by atoms with E-state index in [0.717, 1.165) is 38.3 Å². The Morgan fingerprint density at radius 3 is 2.45 bits per heavy atom. The first-order valence-corrected chi connectivity index (χ1v) is 7.31. The summed E-state index contributed by atoms with van der Waals surface area (Å²) in [6.07, 6.45) is 3.16. The van der Waals surface area contributed by atoms with Gasteiger partial charge in [0.2, 0.25) is 0 Å². The summed E-state index contributed by atoms with van der Waals surface area (Å²) in [6.45, 7) is 1.63. The minimum atomic E-state index is -0.152. The highest BCUT2D eigenvalue weighted by Gasteiger charge is 2.00. The van der Waals surface area contributed by atoms with Crippen molar-refractivity contribution in [1.82, 2.24) is 10.6 Å². The van der Waals surface area contributed by atoms with Gasteiger partial charge in [0.1, 0.15) is 0 Å². The van der Waals surface area contributed by atoms with E-state index in [2.05, 4.69) is 32.5 Å². The van der Waals surface area contributed by atoms with Gasteiger partial charge in [-0.25, -0.2) is 0 Å². The van der Waals surface area contributed by atoms with E-state index in [1.165, 1.54) is 12.7 Å². The van der Waals surface area contributed by atoms with Crippen LogP contribution in [0.5, 0.6) is 0 Å². The average molecular weight is 419 g/mol. The van der Waals surface area contributed by atoms with Gasteiger partial charge in [0.15, 0.2) is 5.96 Å². The number of aliphatic imine (C=N–C) groups is 1. The fourth-order valence-corrected chi connectivity index (χ4v) is 1.89. The summed E-state index contributed by atoms with van der Waals surface area (Å²) in [5, 5.41) is 6.51. The van der Waals surface area contributed by atoms with Gasteiger partial charge in [-0.2, -0.15) is 0 Å². The number of carbonyl (C=O) groups excluding carboxylic acids is 1. The first-order valence-electron chi connectivity index (χ1n) is 7.31. The van der Waals surface area contributed by atoms with Crippen LogP contribution >= 0.6 is 24.0 Å². The predicted molar refractivity (Wildman–Crippen MR) is 101 cm³/mol. The summed E-state index contributed by atoms with van der Waals surface area (Å²) < 4.78 is 4.60. The van der Waals surface area contributed by atoms with E-state index < -0.39 is 0 Å². The number of methoxy groups -OCH3 is 1. The van der Waals surface area contributed by atoms with E-state index in [1.54, 1.807) is 7.05 Å². The van der Waals surface area contributed by atoms with Crippen molar-refractivity contribution < 1.29 is 9.53 Å². The van der Waals surface area contributed by atoms with Crippen LogP contribution in [0.1, 0.15) is 24.8 Å². The molecule has 22 heavy (non-hydrogen) atoms. The van der Waals surface area contributed by atoms with E-state index in [-0.39, 0.29) is 29.9 Å². The van der Waals surface area contributed by atoms with Crippen molar-refractivity contribution in [3.8, 4) is 0 Å². The number of ether oxygens (including phenoxy) is 1. The molecule has 0 aliphatic rings. The number of hydrogen-bond donors (Lipinski definition) is 2. The second-order valence-corrected chi connectivity index (χ2v) is 4.69. The Bertz CT molecular complexity index is 438. The maximum Gasteiger partial charge on any atom is 0.305 e. The zero-order chi connectivity index (χ0) is 15.3. The van der Waals surface area contributed by atoms with Gasteiger partial charge in [-0.15, -0.1) is 24.0 Å². The van der Waals surface area contributed by atoms with Gasteiger partial charge in [0.25, 0.3) is 0 Å². The van der Waals surface area contributed by atoms with Gasteiger partial charge >= 0.3 is 5.97 Å². The predicted octanol–water partition coefficient (Wildman–Crippen LogP) is 2.36. The van der Waals surface area contributed by atoms with E-state index in [9.17, 15) is 4.79 Å². The number of halogens is 1. The first-order chi connectivity index (χ1) is 10.3. The lowest BCUT2D eigenvalue weighted by molar-refractivity contribution is -0.140. The molecule has 5 nitrogen and oxygen atoms in total. The number of hydrogen-bond acceptors (Lipinski definition) is 3. The van der Waals surface area contributed by atoms with Crippen LogP contribution in [0, 0.1) is 0 Å². The second-order valence-electron chi connectivity index (χ2n) is 4.69. The van der Waals surface area contributed by atoms with Crippen molar-refractivity contribution in [2.75, 3.05) is 27.2 Å². The van der Waals surface area contributed by atoms with Gasteiger partial charge in [-0.3, -0.25) is 9.79 Å².